The van der Waals surface area contributed by atoms with Crippen molar-refractivity contribution in [3.8, 4) is 11.1 Å². The summed E-state index contributed by atoms with van der Waals surface area (Å²) in [4.78, 5) is 27.3. The third-order valence-corrected chi connectivity index (χ3v) is 11.2. The van der Waals surface area contributed by atoms with Crippen molar-refractivity contribution < 1.29 is 86.2 Å². The van der Waals surface area contributed by atoms with Crippen molar-refractivity contribution in [3.63, 3.8) is 0 Å². The van der Waals surface area contributed by atoms with Crippen LogP contribution in [0.4, 0.5) is 17.6 Å². The number of Topliss-reactive ketones (excluding diaryl/α,β-unsaturated/α-hetero) is 2. The Morgan fingerprint density at radius 2 is 1.06 bits per heavy atom. The first kappa shape index (κ1) is 56.1. The molecule has 0 saturated carbocycles. The number of hydrogen-bond acceptors (Lipinski definition) is 4. The predicted octanol–water partition coefficient (Wildman–Crippen LogP) is 5.37. The minimum Gasteiger partial charge on any atom is -1.00 e. The zero-order valence-electron chi connectivity index (χ0n) is 39.2. The molecule has 0 aliphatic carbocycles. The molecule has 8 rings (SSSR count). The number of rotatable bonds is 12. The molecule has 341 valence electrons. The molecule has 5 nitrogen and oxygen atoms in total. The van der Waals surface area contributed by atoms with Crippen molar-refractivity contribution in [2.75, 3.05) is 20.2 Å². The van der Waals surface area contributed by atoms with Gasteiger partial charge in [-0.15, -0.1) is 0 Å². The zero-order valence-corrected chi connectivity index (χ0v) is 41.7. The zero-order chi connectivity index (χ0) is 45.6. The molecule has 0 unspecified atom stereocenters. The molecule has 6 aromatic carbocycles. The van der Waals surface area contributed by atoms with Gasteiger partial charge in [-0.25, -0.2) is 22.1 Å². The molecule has 0 saturated heterocycles. The van der Waals surface area contributed by atoms with Crippen LogP contribution in [-0.4, -0.2) is 50.2 Å². The van der Waals surface area contributed by atoms with Crippen LogP contribution in [0, 0.1) is 30.2 Å². The summed E-state index contributed by atoms with van der Waals surface area (Å²) in [5.74, 6) is -4.41. The number of ketones is 2. The Kier molecular flexibility index (Phi) is 23.0. The number of pyridine rings is 1. The molecule has 1 aliphatic heterocycles. The number of carbonyl (C=O) groups is 2. The summed E-state index contributed by atoms with van der Waals surface area (Å²) in [6, 6.07) is 45.0. The fraction of sp³-hybridized carbons (Fsp3) is 0.182. The summed E-state index contributed by atoms with van der Waals surface area (Å²) < 4.78 is 57.6. The van der Waals surface area contributed by atoms with Crippen molar-refractivity contribution >= 4 is 25.6 Å². The van der Waals surface area contributed by atoms with Crippen molar-refractivity contribution in [1.82, 2.24) is 4.90 Å². The van der Waals surface area contributed by atoms with Crippen LogP contribution in [0.1, 0.15) is 70.3 Å². The summed E-state index contributed by atoms with van der Waals surface area (Å²) in [5, 5.41) is 7.00. The Morgan fingerprint density at radius 1 is 0.612 bits per heavy atom. The number of benzene rings is 6. The molecule has 3 radical (unpaired) electrons. The van der Waals surface area contributed by atoms with Crippen LogP contribution in [0.25, 0.3) is 16.7 Å². The second-order valence-electron chi connectivity index (χ2n) is 15.7. The van der Waals surface area contributed by atoms with E-state index >= 15 is 0 Å². The summed E-state index contributed by atoms with van der Waals surface area (Å²) in [6.07, 6.45) is 5.10. The maximum Gasteiger partial charge on any atom is 1.00 e. The molecule has 0 fully saturated rings. The second-order valence-corrected chi connectivity index (χ2v) is 15.7. The minimum absolute atomic E-state index is 0. The predicted molar refractivity (Wildman–Crippen MR) is 254 cm³/mol. The number of hydrogen-bond donors (Lipinski definition) is 1. The Morgan fingerprint density at radius 3 is 1.54 bits per heavy atom. The van der Waals surface area contributed by atoms with Gasteiger partial charge >= 0.3 is 29.6 Å². The van der Waals surface area contributed by atoms with Gasteiger partial charge < -0.3 is 23.5 Å². The maximum atomic E-state index is 13.9. The smallest absolute Gasteiger partial charge is 1.00 e. The van der Waals surface area contributed by atoms with Crippen molar-refractivity contribution in [2.24, 2.45) is 0 Å². The van der Waals surface area contributed by atoms with Gasteiger partial charge in [0.15, 0.2) is 30.5 Å². The summed E-state index contributed by atoms with van der Waals surface area (Å²) in [5.41, 5.74) is 10.1. The molecule has 67 heavy (non-hydrogen) atoms. The van der Waals surface area contributed by atoms with Crippen LogP contribution in [0.2, 0.25) is 0 Å². The number of aliphatic hydroxyl groups is 1. The molecule has 0 spiro atoms. The van der Waals surface area contributed by atoms with E-state index in [1.807, 2.05) is 72.8 Å². The van der Waals surface area contributed by atoms with Crippen LogP contribution >= 0.6 is 0 Å². The van der Waals surface area contributed by atoms with Gasteiger partial charge in [0.2, 0.25) is 0 Å². The molecule has 0 bridgehead atoms. The van der Waals surface area contributed by atoms with Crippen LogP contribution in [0.5, 0.6) is 0 Å². The van der Waals surface area contributed by atoms with E-state index in [0.717, 1.165) is 91.8 Å². The minimum atomic E-state index is -0.829. The van der Waals surface area contributed by atoms with E-state index in [9.17, 15) is 27.2 Å². The number of nitrogens with zero attached hydrogens (tertiary/aromatic N) is 2. The molecule has 1 N–H and O–H groups in total. The average molecular weight is 982 g/mol. The SMILES string of the molecule is CC1=C(c2ccc(CC(=O)c3c(F)cccc3F)cc2)CN(Cc2ccccc2)CC1.CO.Cc1cc[n+](Cc2ccccc2)cc1-c1ccc(CC(=O)c2c(F)cccc2F)cc1.[2HH].[B].[Br-].[H-].[Na+]. The van der Waals surface area contributed by atoms with Gasteiger partial charge in [0.25, 0.3) is 0 Å². The monoisotopic (exact) mass is 980 g/mol. The van der Waals surface area contributed by atoms with Crippen LogP contribution in [-0.2, 0) is 25.9 Å². The number of aromatic nitrogens is 1. The van der Waals surface area contributed by atoms with Crippen molar-refractivity contribution in [3.05, 3.63) is 237 Å². The van der Waals surface area contributed by atoms with Gasteiger partial charge in [-0.3, -0.25) is 14.5 Å². The van der Waals surface area contributed by atoms with Gasteiger partial charge in [-0.2, -0.15) is 0 Å². The van der Waals surface area contributed by atoms with Gasteiger partial charge in [0.1, 0.15) is 23.3 Å². The molecule has 0 amide bonds. The van der Waals surface area contributed by atoms with Crippen molar-refractivity contribution in [1.29, 1.82) is 0 Å². The molecular weight excluding hydrogens is 926 g/mol. The number of halogens is 5. The van der Waals surface area contributed by atoms with E-state index in [4.69, 9.17) is 5.11 Å². The third-order valence-electron chi connectivity index (χ3n) is 11.2. The van der Waals surface area contributed by atoms with Crippen molar-refractivity contribution in [2.45, 2.75) is 46.2 Å². The molecule has 12 heteroatoms. The van der Waals surface area contributed by atoms with Gasteiger partial charge in [0, 0.05) is 66.6 Å². The topological polar surface area (TPSA) is 61.5 Å². The van der Waals surface area contributed by atoms with E-state index in [2.05, 4.69) is 78.2 Å². The number of aryl methyl sites for hydroxylation is 1. The Labute approximate surface area is 428 Å². The van der Waals surface area contributed by atoms with E-state index in [1.165, 1.54) is 34.4 Å². The molecular formula is C55H54BBrF4N2NaO3. The number of carbonyl (C=O) groups excluding carboxylic acids is 2. The summed E-state index contributed by atoms with van der Waals surface area (Å²) in [6.45, 7) is 7.83. The van der Waals surface area contributed by atoms with Crippen LogP contribution in [0.15, 0.2) is 170 Å². The Balaban J connectivity index is 0.000000623. The van der Waals surface area contributed by atoms with Gasteiger partial charge in [0.05, 0.1) is 11.1 Å². The first-order valence-electron chi connectivity index (χ1n) is 21.1. The fourth-order valence-electron chi connectivity index (χ4n) is 7.73. The molecule has 0 atom stereocenters. The largest absolute Gasteiger partial charge is 1.00 e. The first-order chi connectivity index (χ1) is 31.0. The van der Waals surface area contributed by atoms with E-state index in [-0.39, 0.29) is 70.6 Å². The summed E-state index contributed by atoms with van der Waals surface area (Å²) >= 11 is 0. The van der Waals surface area contributed by atoms with E-state index < -0.39 is 46.0 Å². The summed E-state index contributed by atoms with van der Waals surface area (Å²) in [7, 11) is 1.00. The third kappa shape index (κ3) is 15.4. The Hall–Kier alpha value is -5.27. The molecule has 1 aromatic heterocycles. The standard InChI is InChI=1S/C27H25F2NO.C27H22F2NO.CH4O.B.BrH.Na.H2.H/c2*1-19-14-15-30(17-21-6-3-2-4-7-21)18-23(19)22-12-10-20(11-13-22)16-26(31)27-24(28)8-5-9-25(27)29;1-2;;;;;/h2-13H,14-18H2,1H3;2-15,18H,16-17H2,1H3;2H,1H3;;1H;;1H;/q;+1;;;;+1;;-1/p-1/i;;;;;;1+1;. The molecule has 1 aliphatic rings. The molecule has 2 heterocycles. The Bertz CT molecular complexity index is 2700. The first-order valence-corrected chi connectivity index (χ1v) is 21.1. The van der Waals surface area contributed by atoms with E-state index in [0.29, 0.717) is 5.56 Å². The van der Waals surface area contributed by atoms with Crippen LogP contribution < -0.4 is 51.1 Å². The van der Waals surface area contributed by atoms with Gasteiger partial charge in [-0.05, 0) is 83.5 Å². The molecule has 7 aromatic rings. The van der Waals surface area contributed by atoms with E-state index in [1.54, 1.807) is 0 Å². The number of aliphatic hydroxyl groups excluding tert-OH is 1. The maximum absolute atomic E-state index is 13.9. The quantitative estimate of drug-likeness (QED) is 0.0776. The normalized spacial score (nSPS) is 11.9. The second kappa shape index (κ2) is 27.5. The average Bonchev–Trinajstić information content (AvgIpc) is 3.30. The fourth-order valence-corrected chi connectivity index (χ4v) is 7.73. The van der Waals surface area contributed by atoms with Crippen LogP contribution in [0.3, 0.4) is 0 Å². The van der Waals surface area contributed by atoms with Gasteiger partial charge in [-0.1, -0.05) is 127 Å².